The van der Waals surface area contributed by atoms with Crippen molar-refractivity contribution < 1.29 is 4.74 Å². The molecule has 0 saturated carbocycles. The quantitative estimate of drug-likeness (QED) is 0.527. The molecule has 0 aromatic heterocycles. The van der Waals surface area contributed by atoms with Crippen molar-refractivity contribution in [1.29, 1.82) is 0 Å². The Morgan fingerprint density at radius 2 is 1.31 bits per heavy atom. The van der Waals surface area contributed by atoms with Crippen molar-refractivity contribution in [2.45, 2.75) is 9.79 Å². The third kappa shape index (κ3) is 1.90. The highest BCUT2D eigenvalue weighted by molar-refractivity contribution is 9.10. The van der Waals surface area contributed by atoms with Gasteiger partial charge >= 0.3 is 0 Å². The summed E-state index contributed by atoms with van der Waals surface area (Å²) in [6.07, 6.45) is 0. The van der Waals surface area contributed by atoms with Gasteiger partial charge in [-0.2, -0.15) is 0 Å². The third-order valence-electron chi connectivity index (χ3n) is 2.25. The molecule has 1 heterocycles. The zero-order valence-electron chi connectivity index (χ0n) is 8.04. The Balaban J connectivity index is 2.10. The van der Waals surface area contributed by atoms with Crippen LogP contribution < -0.4 is 4.74 Å². The molecule has 3 rings (SSSR count). The Kier molecular flexibility index (Phi) is 2.73. The van der Waals surface area contributed by atoms with E-state index in [2.05, 4.69) is 44.0 Å². The number of halogens is 2. The summed E-state index contributed by atoms with van der Waals surface area (Å²) in [7, 11) is 0. The summed E-state index contributed by atoms with van der Waals surface area (Å²) in [5.74, 6) is 1.84. The predicted molar refractivity (Wildman–Crippen MR) is 72.5 cm³/mol. The van der Waals surface area contributed by atoms with Gasteiger partial charge in [-0.3, -0.25) is 0 Å². The maximum atomic E-state index is 5.82. The first-order valence-electron chi connectivity index (χ1n) is 4.67. The fourth-order valence-corrected chi connectivity index (χ4v) is 3.58. The largest absolute Gasteiger partial charge is 0.455 e. The topological polar surface area (TPSA) is 9.23 Å². The number of ether oxygens (including phenoxy) is 1. The number of fused-ring (bicyclic) bond motifs is 2. The second-order valence-electron chi connectivity index (χ2n) is 3.39. The molecule has 0 saturated heterocycles. The molecule has 0 amide bonds. The number of hydrogen-bond acceptors (Lipinski definition) is 2. The molecule has 2 aromatic carbocycles. The Morgan fingerprint density at radius 1 is 0.812 bits per heavy atom. The van der Waals surface area contributed by atoms with E-state index >= 15 is 0 Å². The maximum Gasteiger partial charge on any atom is 0.141 e. The van der Waals surface area contributed by atoms with Crippen LogP contribution in [0.25, 0.3) is 0 Å². The second-order valence-corrected chi connectivity index (χ2v) is 6.30. The van der Waals surface area contributed by atoms with Gasteiger partial charge in [-0.15, -0.1) is 0 Å². The van der Waals surface area contributed by atoms with Crippen LogP contribution in [0.2, 0.25) is 0 Å². The highest BCUT2D eigenvalue weighted by Crippen LogP contribution is 2.48. The van der Waals surface area contributed by atoms with E-state index in [0.717, 1.165) is 30.2 Å². The van der Waals surface area contributed by atoms with E-state index < -0.39 is 0 Å². The van der Waals surface area contributed by atoms with Crippen LogP contribution in [-0.4, -0.2) is 0 Å². The van der Waals surface area contributed by atoms with Crippen LogP contribution in [0.1, 0.15) is 0 Å². The predicted octanol–water partition coefficient (Wildman–Crippen LogP) is 5.47. The molecule has 1 nitrogen and oxygen atoms in total. The first-order chi connectivity index (χ1) is 7.72. The van der Waals surface area contributed by atoms with Gasteiger partial charge < -0.3 is 4.74 Å². The molecule has 0 unspecified atom stereocenters. The van der Waals surface area contributed by atoms with Crippen LogP contribution in [0.5, 0.6) is 11.5 Å². The smallest absolute Gasteiger partial charge is 0.141 e. The van der Waals surface area contributed by atoms with Gasteiger partial charge in [0.25, 0.3) is 0 Å². The minimum absolute atomic E-state index is 0.919. The number of hydrogen-bond donors (Lipinski definition) is 0. The molecule has 0 radical (unpaired) electrons. The average molecular weight is 358 g/mol. The minimum Gasteiger partial charge on any atom is -0.455 e. The van der Waals surface area contributed by atoms with Gasteiger partial charge in [0.15, 0.2) is 0 Å². The Hall–Kier alpha value is -0.450. The van der Waals surface area contributed by atoms with Crippen LogP contribution in [0, 0.1) is 0 Å². The molecule has 1 aliphatic heterocycles. The Bertz CT molecular complexity index is 519. The van der Waals surface area contributed by atoms with Crippen molar-refractivity contribution in [3.63, 3.8) is 0 Å². The SMILES string of the molecule is Brc1ccc2c(c1)Sc1cc(Br)ccc1O2. The van der Waals surface area contributed by atoms with Crippen molar-refractivity contribution in [1.82, 2.24) is 0 Å². The third-order valence-corrected chi connectivity index (χ3v) is 4.32. The van der Waals surface area contributed by atoms with Crippen molar-refractivity contribution in [3.05, 3.63) is 45.3 Å². The van der Waals surface area contributed by atoms with Crippen LogP contribution in [0.4, 0.5) is 0 Å². The Morgan fingerprint density at radius 3 is 1.81 bits per heavy atom. The van der Waals surface area contributed by atoms with E-state index in [1.54, 1.807) is 11.8 Å². The van der Waals surface area contributed by atoms with E-state index in [1.165, 1.54) is 0 Å². The zero-order chi connectivity index (χ0) is 11.1. The van der Waals surface area contributed by atoms with Crippen LogP contribution in [-0.2, 0) is 0 Å². The van der Waals surface area contributed by atoms with E-state index in [9.17, 15) is 0 Å². The van der Waals surface area contributed by atoms with E-state index in [1.807, 2.05) is 24.3 Å². The van der Waals surface area contributed by atoms with Crippen molar-refractivity contribution in [2.24, 2.45) is 0 Å². The fraction of sp³-hybridized carbons (Fsp3) is 0. The maximum absolute atomic E-state index is 5.82. The molecule has 80 valence electrons. The average Bonchev–Trinajstić information content (AvgIpc) is 2.26. The summed E-state index contributed by atoms with van der Waals surface area (Å²) in [5, 5.41) is 0. The van der Waals surface area contributed by atoms with Crippen LogP contribution in [0.15, 0.2) is 55.1 Å². The summed E-state index contributed by atoms with van der Waals surface area (Å²) in [5.41, 5.74) is 0. The normalized spacial score (nSPS) is 12.6. The standard InChI is InChI=1S/C12H6Br2OS/c13-7-1-3-9-11(5-7)16-12-6-8(14)2-4-10(12)15-9/h1-6H. The summed E-state index contributed by atoms with van der Waals surface area (Å²) in [6, 6.07) is 12.1. The van der Waals surface area contributed by atoms with Gasteiger partial charge in [0, 0.05) is 8.95 Å². The number of benzene rings is 2. The van der Waals surface area contributed by atoms with Gasteiger partial charge in [0.2, 0.25) is 0 Å². The molecule has 0 atom stereocenters. The molecular formula is C12H6Br2OS. The lowest BCUT2D eigenvalue weighted by Crippen LogP contribution is -1.94. The minimum atomic E-state index is 0.919. The lowest BCUT2D eigenvalue weighted by Gasteiger charge is -2.19. The van der Waals surface area contributed by atoms with Crippen molar-refractivity contribution in [2.75, 3.05) is 0 Å². The highest BCUT2D eigenvalue weighted by atomic mass is 79.9. The van der Waals surface area contributed by atoms with Gasteiger partial charge in [-0.25, -0.2) is 0 Å². The molecule has 0 N–H and O–H groups in total. The van der Waals surface area contributed by atoms with Gasteiger partial charge in [-0.05, 0) is 36.4 Å². The summed E-state index contributed by atoms with van der Waals surface area (Å²) in [6.45, 7) is 0. The molecule has 0 spiro atoms. The Labute approximate surface area is 114 Å². The van der Waals surface area contributed by atoms with Gasteiger partial charge in [-0.1, -0.05) is 43.6 Å². The van der Waals surface area contributed by atoms with Crippen LogP contribution >= 0.6 is 43.6 Å². The van der Waals surface area contributed by atoms with Gasteiger partial charge in [0.05, 0.1) is 9.79 Å². The highest BCUT2D eigenvalue weighted by Gasteiger charge is 2.17. The molecule has 4 heteroatoms. The molecule has 0 fully saturated rings. The molecular weight excluding hydrogens is 352 g/mol. The fourth-order valence-electron chi connectivity index (χ4n) is 1.53. The monoisotopic (exact) mass is 356 g/mol. The molecule has 1 aliphatic rings. The first kappa shape index (κ1) is 10.7. The lowest BCUT2D eigenvalue weighted by molar-refractivity contribution is 0.454. The summed E-state index contributed by atoms with van der Waals surface area (Å²) >= 11 is 8.66. The van der Waals surface area contributed by atoms with Crippen molar-refractivity contribution >= 4 is 43.6 Å². The molecule has 0 bridgehead atoms. The zero-order valence-corrected chi connectivity index (χ0v) is 12.0. The second kappa shape index (κ2) is 4.09. The first-order valence-corrected chi connectivity index (χ1v) is 7.07. The lowest BCUT2D eigenvalue weighted by atomic mass is 10.3. The summed E-state index contributed by atoms with van der Waals surface area (Å²) < 4.78 is 7.97. The summed E-state index contributed by atoms with van der Waals surface area (Å²) in [4.78, 5) is 2.28. The molecule has 2 aromatic rings. The van der Waals surface area contributed by atoms with Crippen molar-refractivity contribution in [3.8, 4) is 11.5 Å². The van der Waals surface area contributed by atoms with E-state index in [4.69, 9.17) is 4.74 Å². The van der Waals surface area contributed by atoms with Gasteiger partial charge in [0.1, 0.15) is 11.5 Å². The van der Waals surface area contributed by atoms with Crippen LogP contribution in [0.3, 0.4) is 0 Å². The number of rotatable bonds is 0. The van der Waals surface area contributed by atoms with E-state index in [0.29, 0.717) is 0 Å². The molecule has 16 heavy (non-hydrogen) atoms. The van der Waals surface area contributed by atoms with E-state index in [-0.39, 0.29) is 0 Å². The molecule has 0 aliphatic carbocycles.